The zero-order valence-electron chi connectivity index (χ0n) is 9.34. The summed E-state index contributed by atoms with van der Waals surface area (Å²) in [6.45, 7) is 3.90. The number of rotatable bonds is 4. The van der Waals surface area contributed by atoms with Crippen molar-refractivity contribution in [1.29, 1.82) is 0 Å². The molecule has 0 N–H and O–H groups in total. The quantitative estimate of drug-likeness (QED) is 0.538. The molecule has 1 aromatic rings. The molecule has 0 spiro atoms. The predicted molar refractivity (Wildman–Crippen MR) is 62.8 cm³/mol. The molecule has 0 fully saturated rings. The molecule has 1 heteroatoms. The van der Waals surface area contributed by atoms with E-state index in [9.17, 15) is 4.79 Å². The van der Waals surface area contributed by atoms with Crippen molar-refractivity contribution in [2.24, 2.45) is 0 Å². The first-order valence-corrected chi connectivity index (χ1v) is 5.29. The van der Waals surface area contributed by atoms with E-state index in [1.165, 1.54) is 5.56 Å². The predicted octanol–water partition coefficient (Wildman–Crippen LogP) is 3.24. The average Bonchev–Trinajstić information content (AvgIpc) is 2.29. The Hall–Kier alpha value is -1.55. The maximum Gasteiger partial charge on any atom is 0.163 e. The van der Waals surface area contributed by atoms with E-state index < -0.39 is 0 Å². The highest BCUT2D eigenvalue weighted by Crippen LogP contribution is 2.08. The molecule has 0 saturated heterocycles. The van der Waals surface area contributed by atoms with Crippen LogP contribution in [-0.2, 0) is 6.42 Å². The molecule has 0 saturated carbocycles. The Labute approximate surface area is 91.5 Å². The molecule has 0 atom stereocenters. The highest BCUT2D eigenvalue weighted by Gasteiger charge is 2.03. The second-order valence-electron chi connectivity index (χ2n) is 3.40. The summed E-state index contributed by atoms with van der Waals surface area (Å²) in [5.74, 6) is 5.87. The van der Waals surface area contributed by atoms with Gasteiger partial charge < -0.3 is 0 Å². The van der Waals surface area contributed by atoms with E-state index in [0.717, 1.165) is 12.0 Å². The van der Waals surface area contributed by atoms with Crippen LogP contribution >= 0.6 is 0 Å². The van der Waals surface area contributed by atoms with Gasteiger partial charge in [-0.15, -0.1) is 11.8 Å². The first-order valence-electron chi connectivity index (χ1n) is 5.29. The third kappa shape index (κ3) is 3.59. The van der Waals surface area contributed by atoms with E-state index in [1.807, 2.05) is 24.3 Å². The minimum absolute atomic E-state index is 0.181. The second-order valence-corrected chi connectivity index (χ2v) is 3.40. The lowest BCUT2D eigenvalue weighted by atomic mass is 10.0. The highest BCUT2D eigenvalue weighted by atomic mass is 16.1. The average molecular weight is 200 g/mol. The van der Waals surface area contributed by atoms with Crippen LogP contribution in [0.3, 0.4) is 0 Å². The van der Waals surface area contributed by atoms with E-state index >= 15 is 0 Å². The summed E-state index contributed by atoms with van der Waals surface area (Å²) in [5.41, 5.74) is 2.06. The summed E-state index contributed by atoms with van der Waals surface area (Å²) in [6.07, 6.45) is 2.19. The van der Waals surface area contributed by atoms with Crippen LogP contribution in [0.2, 0.25) is 0 Å². The van der Waals surface area contributed by atoms with E-state index in [2.05, 4.69) is 18.8 Å². The van der Waals surface area contributed by atoms with Crippen LogP contribution in [0.25, 0.3) is 0 Å². The van der Waals surface area contributed by atoms with Gasteiger partial charge in [-0.2, -0.15) is 0 Å². The van der Waals surface area contributed by atoms with Gasteiger partial charge >= 0.3 is 0 Å². The lowest BCUT2D eigenvalue weighted by molar-refractivity contribution is 0.0984. The van der Waals surface area contributed by atoms with E-state index in [4.69, 9.17) is 0 Å². The molecular formula is C14H16O. The molecule has 1 rings (SSSR count). The van der Waals surface area contributed by atoms with Crippen LogP contribution in [0.15, 0.2) is 24.3 Å². The topological polar surface area (TPSA) is 17.1 Å². The monoisotopic (exact) mass is 200 g/mol. The van der Waals surface area contributed by atoms with Gasteiger partial charge in [0.2, 0.25) is 0 Å². The van der Waals surface area contributed by atoms with Gasteiger partial charge in [0.15, 0.2) is 5.78 Å². The first-order chi connectivity index (χ1) is 7.27. The van der Waals surface area contributed by atoms with E-state index in [0.29, 0.717) is 12.8 Å². The molecule has 0 unspecified atom stereocenters. The molecule has 0 aliphatic carbocycles. The zero-order valence-corrected chi connectivity index (χ0v) is 9.34. The molecule has 0 bridgehead atoms. The van der Waals surface area contributed by atoms with Crippen LogP contribution in [0.4, 0.5) is 0 Å². The number of aryl methyl sites for hydroxylation is 1. The van der Waals surface area contributed by atoms with Crippen molar-refractivity contribution < 1.29 is 4.79 Å². The Morgan fingerprint density at radius 2 is 1.93 bits per heavy atom. The molecule has 0 amide bonds. The number of benzene rings is 1. The summed E-state index contributed by atoms with van der Waals surface area (Å²) in [5, 5.41) is 0. The summed E-state index contributed by atoms with van der Waals surface area (Å²) >= 11 is 0. The van der Waals surface area contributed by atoms with Crippen LogP contribution in [0.1, 0.15) is 42.6 Å². The lowest BCUT2D eigenvalue weighted by Gasteiger charge is -2.00. The third-order valence-electron chi connectivity index (χ3n) is 2.34. The van der Waals surface area contributed by atoms with Crippen molar-refractivity contribution in [3.8, 4) is 11.8 Å². The van der Waals surface area contributed by atoms with Crippen molar-refractivity contribution >= 4 is 5.78 Å². The van der Waals surface area contributed by atoms with Crippen molar-refractivity contribution in [1.82, 2.24) is 0 Å². The van der Waals surface area contributed by atoms with Gasteiger partial charge in [-0.3, -0.25) is 4.79 Å². The Balaban J connectivity index is 2.60. The lowest BCUT2D eigenvalue weighted by Crippen LogP contribution is -1.98. The van der Waals surface area contributed by atoms with Gasteiger partial charge in [-0.1, -0.05) is 31.2 Å². The van der Waals surface area contributed by atoms with Crippen molar-refractivity contribution in [3.05, 3.63) is 35.4 Å². The molecule has 1 aromatic carbocycles. The minimum Gasteiger partial charge on any atom is -0.294 e. The molecule has 0 aliphatic heterocycles. The van der Waals surface area contributed by atoms with Gasteiger partial charge in [0.1, 0.15) is 0 Å². The molecule has 0 aromatic heterocycles. The number of ketones is 1. The summed E-state index contributed by atoms with van der Waals surface area (Å²) in [7, 11) is 0. The Kier molecular flexibility index (Phi) is 4.63. The van der Waals surface area contributed by atoms with Gasteiger partial charge in [0, 0.05) is 18.4 Å². The number of hydrogen-bond donors (Lipinski definition) is 0. The van der Waals surface area contributed by atoms with Crippen LogP contribution in [0.5, 0.6) is 0 Å². The number of Topliss-reactive ketones (excluding diaryl/α,β-unsaturated/α-hetero) is 1. The van der Waals surface area contributed by atoms with Crippen LogP contribution < -0.4 is 0 Å². The van der Waals surface area contributed by atoms with Crippen LogP contribution in [0, 0.1) is 11.8 Å². The Morgan fingerprint density at radius 3 is 2.47 bits per heavy atom. The minimum atomic E-state index is 0.181. The smallest absolute Gasteiger partial charge is 0.163 e. The summed E-state index contributed by atoms with van der Waals surface area (Å²) in [6, 6.07) is 7.83. The van der Waals surface area contributed by atoms with Gasteiger partial charge in [0.25, 0.3) is 0 Å². The van der Waals surface area contributed by atoms with Gasteiger partial charge in [-0.25, -0.2) is 0 Å². The highest BCUT2D eigenvalue weighted by molar-refractivity contribution is 5.96. The SMILES string of the molecule is CC#CCCC(=O)c1ccc(CC)cc1. The van der Waals surface area contributed by atoms with Crippen molar-refractivity contribution in [3.63, 3.8) is 0 Å². The third-order valence-corrected chi connectivity index (χ3v) is 2.34. The van der Waals surface area contributed by atoms with E-state index in [1.54, 1.807) is 6.92 Å². The van der Waals surface area contributed by atoms with E-state index in [-0.39, 0.29) is 5.78 Å². The standard InChI is InChI=1S/C14H16O/c1-3-5-6-7-14(15)13-10-8-12(4-2)9-11-13/h8-11H,4,6-7H2,1-2H3. The summed E-state index contributed by atoms with van der Waals surface area (Å²) in [4.78, 5) is 11.7. The number of carbonyl (C=O) groups excluding carboxylic acids is 1. The molecule has 78 valence electrons. The fourth-order valence-electron chi connectivity index (χ4n) is 1.37. The Bertz CT molecular complexity index is 376. The van der Waals surface area contributed by atoms with Gasteiger partial charge in [-0.05, 0) is 18.9 Å². The van der Waals surface area contributed by atoms with Crippen LogP contribution in [-0.4, -0.2) is 5.78 Å². The molecule has 0 aliphatic rings. The maximum atomic E-state index is 11.7. The summed E-state index contributed by atoms with van der Waals surface area (Å²) < 4.78 is 0. The molecular weight excluding hydrogens is 184 g/mol. The van der Waals surface area contributed by atoms with Crippen molar-refractivity contribution in [2.45, 2.75) is 33.1 Å². The second kappa shape index (κ2) is 6.03. The fraction of sp³-hybridized carbons (Fsp3) is 0.357. The normalized spacial score (nSPS) is 9.20. The van der Waals surface area contributed by atoms with Crippen molar-refractivity contribution in [2.75, 3.05) is 0 Å². The number of hydrogen-bond acceptors (Lipinski definition) is 1. The molecule has 15 heavy (non-hydrogen) atoms. The zero-order chi connectivity index (χ0) is 11.1. The first kappa shape index (κ1) is 11.5. The largest absolute Gasteiger partial charge is 0.294 e. The molecule has 0 heterocycles. The van der Waals surface area contributed by atoms with Gasteiger partial charge in [0.05, 0.1) is 0 Å². The maximum absolute atomic E-state index is 11.7. The fourth-order valence-corrected chi connectivity index (χ4v) is 1.37. The Morgan fingerprint density at radius 1 is 1.27 bits per heavy atom. The molecule has 1 nitrogen and oxygen atoms in total. The number of carbonyl (C=O) groups is 1. The molecule has 0 radical (unpaired) electrons.